The summed E-state index contributed by atoms with van der Waals surface area (Å²) in [7, 11) is -1.58. The second-order valence-electron chi connectivity index (χ2n) is 11.9. The summed E-state index contributed by atoms with van der Waals surface area (Å²) in [5.74, 6) is 2.74. The molecule has 35 heavy (non-hydrogen) atoms. The molecule has 0 aromatic heterocycles. The molecule has 4 heteroatoms. The van der Waals surface area contributed by atoms with Crippen LogP contribution in [0.15, 0.2) is 23.8 Å². The first kappa shape index (κ1) is 33.7. The van der Waals surface area contributed by atoms with Gasteiger partial charge in [-0.2, -0.15) is 0 Å². The molecule has 0 saturated carbocycles. The van der Waals surface area contributed by atoms with Gasteiger partial charge in [-0.25, -0.2) is 0 Å². The van der Waals surface area contributed by atoms with Gasteiger partial charge in [0.05, 0.1) is 5.41 Å². The highest BCUT2D eigenvalue weighted by Crippen LogP contribution is 2.17. The van der Waals surface area contributed by atoms with Crippen molar-refractivity contribution < 1.29 is 14.6 Å². The van der Waals surface area contributed by atoms with E-state index in [1.54, 1.807) is 0 Å². The second-order valence-corrected chi connectivity index (χ2v) is 16.7. The van der Waals surface area contributed by atoms with Crippen molar-refractivity contribution in [3.8, 4) is 11.5 Å². The van der Waals surface area contributed by atoms with Crippen molar-refractivity contribution in [1.82, 2.24) is 0 Å². The Bertz CT molecular complexity index is 668. The summed E-state index contributed by atoms with van der Waals surface area (Å²) in [4.78, 5) is 12.2. The van der Waals surface area contributed by atoms with Crippen LogP contribution in [-0.2, 0) is 9.53 Å². The molecule has 0 aliphatic carbocycles. The Morgan fingerprint density at radius 3 is 1.83 bits per heavy atom. The van der Waals surface area contributed by atoms with E-state index >= 15 is 0 Å². The number of aliphatic hydroxyl groups excluding tert-OH is 1. The van der Waals surface area contributed by atoms with Crippen LogP contribution in [0.2, 0.25) is 19.6 Å². The van der Waals surface area contributed by atoms with E-state index in [0.29, 0.717) is 5.57 Å². The first-order valence-corrected chi connectivity index (χ1v) is 17.7. The molecule has 0 spiro atoms. The van der Waals surface area contributed by atoms with Crippen LogP contribution in [0.5, 0.6) is 0 Å². The largest absolute Gasteiger partial charge is 0.461 e. The SMILES string of the molecule is CCCC/C=C\CCCCCCCCCCC/C=C(/COC(=O)C(C)(C)C)[C@H](O)C#C[Si](C)(C)C. The van der Waals surface area contributed by atoms with Crippen LogP contribution in [0.3, 0.4) is 0 Å². The molecule has 0 aromatic carbocycles. The molecule has 0 fully saturated rings. The molecule has 0 saturated heterocycles. The first-order chi connectivity index (χ1) is 16.5. The third kappa shape index (κ3) is 21.7. The number of carbonyl (C=O) groups is 1. The Labute approximate surface area is 219 Å². The lowest BCUT2D eigenvalue weighted by atomic mass is 9.97. The second kappa shape index (κ2) is 19.8. The van der Waals surface area contributed by atoms with Gasteiger partial charge in [0.25, 0.3) is 0 Å². The molecule has 0 aromatic rings. The minimum absolute atomic E-state index is 0.117. The summed E-state index contributed by atoms with van der Waals surface area (Å²) in [5.41, 5.74) is 3.40. The van der Waals surface area contributed by atoms with Gasteiger partial charge in [0, 0.05) is 5.57 Å². The van der Waals surface area contributed by atoms with Gasteiger partial charge in [-0.1, -0.05) is 109 Å². The molecule has 0 rings (SSSR count). The topological polar surface area (TPSA) is 46.5 Å². The van der Waals surface area contributed by atoms with E-state index in [0.717, 1.165) is 12.8 Å². The zero-order chi connectivity index (χ0) is 26.6. The molecule has 0 aliphatic heterocycles. The zero-order valence-electron chi connectivity index (χ0n) is 24.2. The van der Waals surface area contributed by atoms with E-state index in [9.17, 15) is 9.90 Å². The van der Waals surface area contributed by atoms with Gasteiger partial charge in [0.15, 0.2) is 0 Å². The van der Waals surface area contributed by atoms with Crippen molar-refractivity contribution in [3.63, 3.8) is 0 Å². The summed E-state index contributed by atoms with van der Waals surface area (Å²) < 4.78 is 5.47. The molecule has 0 unspecified atom stereocenters. The third-order valence-electron chi connectivity index (χ3n) is 5.79. The Hall–Kier alpha value is -1.31. The standard InChI is InChI=1S/C31H56O3Si/c1-8-9-10-11-12-13-14-15-16-17-18-19-20-21-22-23-24-28(27-34-30(33)31(2,3)4)29(32)25-26-35(5,6)7/h11-12,24,29,32H,8-10,13-23,27H2,1-7H3/b12-11-,28-24-/t29-/m1/s1. The maximum absolute atomic E-state index is 12.2. The summed E-state index contributed by atoms with van der Waals surface area (Å²) in [6.45, 7) is 14.3. The van der Waals surface area contributed by atoms with Crippen molar-refractivity contribution in [3.05, 3.63) is 23.8 Å². The molecular formula is C31H56O3Si. The van der Waals surface area contributed by atoms with Gasteiger partial charge in [0.1, 0.15) is 20.8 Å². The van der Waals surface area contributed by atoms with Gasteiger partial charge >= 0.3 is 5.97 Å². The van der Waals surface area contributed by atoms with Crippen LogP contribution in [0.4, 0.5) is 0 Å². The summed E-state index contributed by atoms with van der Waals surface area (Å²) >= 11 is 0. The van der Waals surface area contributed by atoms with E-state index in [1.165, 1.54) is 77.0 Å². The summed E-state index contributed by atoms with van der Waals surface area (Å²) in [6.07, 6.45) is 23.5. The normalized spacial score (nSPS) is 13.5. The number of unbranched alkanes of at least 4 members (excludes halogenated alkanes) is 12. The predicted octanol–water partition coefficient (Wildman–Crippen LogP) is 8.78. The average Bonchev–Trinajstić information content (AvgIpc) is 2.77. The molecular weight excluding hydrogens is 448 g/mol. The fraction of sp³-hybridized carbons (Fsp3) is 0.774. The number of carbonyl (C=O) groups excluding carboxylic acids is 1. The quantitative estimate of drug-likeness (QED) is 0.0667. The van der Waals surface area contributed by atoms with Gasteiger partial charge in [-0.3, -0.25) is 4.79 Å². The van der Waals surface area contributed by atoms with Crippen LogP contribution in [0.25, 0.3) is 0 Å². The van der Waals surface area contributed by atoms with Gasteiger partial charge < -0.3 is 9.84 Å². The van der Waals surface area contributed by atoms with E-state index in [1.807, 2.05) is 26.8 Å². The number of hydrogen-bond acceptors (Lipinski definition) is 3. The monoisotopic (exact) mass is 504 g/mol. The van der Waals surface area contributed by atoms with Gasteiger partial charge in [-0.05, 0) is 52.9 Å². The number of rotatable bonds is 18. The Morgan fingerprint density at radius 1 is 0.857 bits per heavy atom. The molecule has 0 bridgehead atoms. The molecule has 0 amide bonds. The molecule has 3 nitrogen and oxygen atoms in total. The van der Waals surface area contributed by atoms with Crippen LogP contribution in [0.1, 0.15) is 118 Å². The van der Waals surface area contributed by atoms with Gasteiger partial charge in [-0.15, -0.1) is 5.54 Å². The number of aliphatic hydroxyl groups is 1. The van der Waals surface area contributed by atoms with Crippen LogP contribution >= 0.6 is 0 Å². The molecule has 1 atom stereocenters. The highest BCUT2D eigenvalue weighted by atomic mass is 28.3. The number of ether oxygens (including phenoxy) is 1. The zero-order valence-corrected chi connectivity index (χ0v) is 25.2. The van der Waals surface area contributed by atoms with Crippen LogP contribution in [-0.4, -0.2) is 31.9 Å². The highest BCUT2D eigenvalue weighted by Gasteiger charge is 2.24. The van der Waals surface area contributed by atoms with E-state index in [4.69, 9.17) is 4.74 Å². The van der Waals surface area contributed by atoms with E-state index in [2.05, 4.69) is 50.2 Å². The average molecular weight is 505 g/mol. The van der Waals surface area contributed by atoms with Crippen molar-refractivity contribution in [2.24, 2.45) is 5.41 Å². The smallest absolute Gasteiger partial charge is 0.311 e. The maximum atomic E-state index is 12.2. The Kier molecular flexibility index (Phi) is 19.1. The third-order valence-corrected chi connectivity index (χ3v) is 6.68. The van der Waals surface area contributed by atoms with Crippen LogP contribution in [0, 0.1) is 16.9 Å². The number of esters is 1. The summed E-state index contributed by atoms with van der Waals surface area (Å²) in [5, 5.41) is 10.6. The van der Waals surface area contributed by atoms with Crippen molar-refractivity contribution in [2.45, 2.75) is 143 Å². The van der Waals surface area contributed by atoms with Crippen molar-refractivity contribution >= 4 is 14.0 Å². The highest BCUT2D eigenvalue weighted by molar-refractivity contribution is 6.83. The Morgan fingerprint density at radius 2 is 1.34 bits per heavy atom. The lowest BCUT2D eigenvalue weighted by Gasteiger charge is -2.18. The number of hydrogen-bond donors (Lipinski definition) is 1. The first-order valence-electron chi connectivity index (χ1n) is 14.2. The lowest BCUT2D eigenvalue weighted by Crippen LogP contribution is -2.26. The molecule has 0 aliphatic rings. The van der Waals surface area contributed by atoms with Crippen molar-refractivity contribution in [2.75, 3.05) is 6.61 Å². The van der Waals surface area contributed by atoms with Crippen molar-refractivity contribution in [1.29, 1.82) is 0 Å². The molecule has 202 valence electrons. The number of allylic oxidation sites excluding steroid dienone is 3. The van der Waals surface area contributed by atoms with Crippen LogP contribution < -0.4 is 0 Å². The molecule has 0 radical (unpaired) electrons. The van der Waals surface area contributed by atoms with Gasteiger partial charge in [0.2, 0.25) is 0 Å². The van der Waals surface area contributed by atoms with E-state index < -0.39 is 19.6 Å². The fourth-order valence-corrected chi connectivity index (χ4v) is 4.05. The minimum atomic E-state index is -1.58. The van der Waals surface area contributed by atoms with E-state index in [-0.39, 0.29) is 12.6 Å². The lowest BCUT2D eigenvalue weighted by molar-refractivity contribution is -0.152. The Balaban J connectivity index is 4.20. The minimum Gasteiger partial charge on any atom is -0.461 e. The predicted molar refractivity (Wildman–Crippen MR) is 155 cm³/mol. The molecule has 0 heterocycles. The molecule has 1 N–H and O–H groups in total. The maximum Gasteiger partial charge on any atom is 0.311 e. The fourth-order valence-electron chi connectivity index (χ4n) is 3.48. The summed E-state index contributed by atoms with van der Waals surface area (Å²) in [6, 6.07) is 0.